The summed E-state index contributed by atoms with van der Waals surface area (Å²) in [4.78, 5) is 11.2. The summed E-state index contributed by atoms with van der Waals surface area (Å²) in [7, 11) is 0. The van der Waals surface area contributed by atoms with Gasteiger partial charge in [0.15, 0.2) is 12.4 Å². The third-order valence-electron chi connectivity index (χ3n) is 2.61. The van der Waals surface area contributed by atoms with Crippen molar-refractivity contribution in [3.8, 4) is 16.3 Å². The van der Waals surface area contributed by atoms with Crippen LogP contribution in [0.15, 0.2) is 24.3 Å². The molecule has 0 aliphatic heterocycles. The fraction of sp³-hybridized carbons (Fsp3) is 0.167. The van der Waals surface area contributed by atoms with Gasteiger partial charge in [-0.05, 0) is 31.2 Å². The Morgan fingerprint density at radius 3 is 2.75 bits per heavy atom. The fourth-order valence-electron chi connectivity index (χ4n) is 1.67. The van der Waals surface area contributed by atoms with E-state index in [0.29, 0.717) is 5.75 Å². The highest BCUT2D eigenvalue weighted by molar-refractivity contribution is 7.19. The van der Waals surface area contributed by atoms with Crippen LogP contribution in [0, 0.1) is 6.92 Å². The molecule has 0 amide bonds. The molecule has 0 unspecified atom stereocenters. The Bertz CT molecular complexity index is 763. The molecule has 0 saturated heterocycles. The number of aromatic nitrogens is 4. The van der Waals surface area contributed by atoms with E-state index < -0.39 is 5.97 Å². The molecule has 3 rings (SSSR count). The predicted molar refractivity (Wildman–Crippen MR) is 72.0 cm³/mol. The highest BCUT2D eigenvalue weighted by Crippen LogP contribution is 2.26. The molecule has 20 heavy (non-hydrogen) atoms. The van der Waals surface area contributed by atoms with Crippen LogP contribution in [0.3, 0.4) is 0 Å². The summed E-state index contributed by atoms with van der Waals surface area (Å²) in [6, 6.07) is 7.09. The number of aliphatic carboxylic acids is 1. The minimum absolute atomic E-state index is 0.352. The lowest BCUT2D eigenvalue weighted by Crippen LogP contribution is -2.09. The smallest absolute Gasteiger partial charge is 0.341 e. The normalized spacial score (nSPS) is 10.8. The van der Waals surface area contributed by atoms with Crippen LogP contribution in [0.1, 0.15) is 5.82 Å². The average Bonchev–Trinajstić information content (AvgIpc) is 3.00. The number of benzene rings is 1. The van der Waals surface area contributed by atoms with E-state index in [1.807, 2.05) is 19.1 Å². The summed E-state index contributed by atoms with van der Waals surface area (Å²) in [5.41, 5.74) is 0.919. The molecule has 2 aromatic heterocycles. The number of hydrogen-bond donors (Lipinski definition) is 1. The maximum absolute atomic E-state index is 10.4. The molecule has 0 aliphatic carbocycles. The topological polar surface area (TPSA) is 89.6 Å². The molecule has 0 bridgehead atoms. The molecule has 7 nitrogen and oxygen atoms in total. The van der Waals surface area contributed by atoms with Crippen LogP contribution < -0.4 is 4.74 Å². The summed E-state index contributed by atoms with van der Waals surface area (Å²) >= 11 is 1.44. The number of aryl methyl sites for hydroxylation is 1. The van der Waals surface area contributed by atoms with Gasteiger partial charge >= 0.3 is 5.97 Å². The summed E-state index contributed by atoms with van der Waals surface area (Å²) < 4.78 is 6.77. The van der Waals surface area contributed by atoms with Gasteiger partial charge in [0.05, 0.1) is 0 Å². The van der Waals surface area contributed by atoms with Crippen molar-refractivity contribution in [1.29, 1.82) is 0 Å². The minimum atomic E-state index is -1.00. The molecule has 0 aliphatic rings. The van der Waals surface area contributed by atoms with Gasteiger partial charge in [0.2, 0.25) is 4.96 Å². The second-order valence-corrected chi connectivity index (χ2v) is 5.01. The molecule has 2 heterocycles. The van der Waals surface area contributed by atoms with Crippen molar-refractivity contribution in [2.45, 2.75) is 6.92 Å². The van der Waals surface area contributed by atoms with Gasteiger partial charge in [-0.2, -0.15) is 9.61 Å². The van der Waals surface area contributed by atoms with Crippen molar-refractivity contribution in [1.82, 2.24) is 19.8 Å². The van der Waals surface area contributed by atoms with Crippen molar-refractivity contribution in [2.75, 3.05) is 6.61 Å². The van der Waals surface area contributed by atoms with E-state index in [4.69, 9.17) is 9.84 Å². The number of hydrogen-bond acceptors (Lipinski definition) is 6. The number of fused-ring (bicyclic) bond motifs is 1. The molecule has 1 aromatic carbocycles. The van der Waals surface area contributed by atoms with Crippen LogP contribution in [0.4, 0.5) is 0 Å². The number of carboxylic acids is 1. The fourth-order valence-corrected chi connectivity index (χ4v) is 2.56. The number of rotatable bonds is 4. The molecular formula is C12H10N4O3S. The van der Waals surface area contributed by atoms with Crippen LogP contribution in [0.2, 0.25) is 0 Å². The molecule has 3 aromatic rings. The number of nitrogens with zero attached hydrogens (tertiary/aromatic N) is 4. The Balaban J connectivity index is 1.84. The third kappa shape index (κ3) is 2.32. The standard InChI is InChI=1S/C12H10N4O3S/c1-7-13-14-12-16(7)15-11(20-12)8-2-4-9(5-3-8)19-6-10(17)18/h2-5H,6H2,1H3,(H,17,18). The molecule has 0 radical (unpaired) electrons. The number of carbonyl (C=O) groups is 1. The van der Waals surface area contributed by atoms with Gasteiger partial charge in [-0.1, -0.05) is 11.3 Å². The van der Waals surface area contributed by atoms with Crippen LogP contribution in [0.25, 0.3) is 15.5 Å². The Labute approximate surface area is 117 Å². The lowest BCUT2D eigenvalue weighted by atomic mass is 10.2. The van der Waals surface area contributed by atoms with E-state index in [1.165, 1.54) is 11.3 Å². The van der Waals surface area contributed by atoms with Gasteiger partial charge in [0.1, 0.15) is 10.8 Å². The number of carboxylic acid groups (broad SMARTS) is 1. The summed E-state index contributed by atoms with van der Waals surface area (Å²) in [6.07, 6.45) is 0. The van der Waals surface area contributed by atoms with E-state index in [9.17, 15) is 4.79 Å². The minimum Gasteiger partial charge on any atom is -0.482 e. The van der Waals surface area contributed by atoms with E-state index in [0.717, 1.165) is 21.4 Å². The third-order valence-corrected chi connectivity index (χ3v) is 3.56. The first kappa shape index (κ1) is 12.5. The van der Waals surface area contributed by atoms with Crippen LogP contribution in [-0.4, -0.2) is 37.5 Å². The Morgan fingerprint density at radius 2 is 2.10 bits per heavy atom. The first-order chi connectivity index (χ1) is 9.63. The Morgan fingerprint density at radius 1 is 1.35 bits per heavy atom. The second kappa shape index (κ2) is 4.89. The molecule has 8 heteroatoms. The molecule has 0 atom stereocenters. The van der Waals surface area contributed by atoms with Gasteiger partial charge in [-0.15, -0.1) is 10.2 Å². The first-order valence-corrected chi connectivity index (χ1v) is 6.59. The second-order valence-electron chi connectivity index (χ2n) is 4.06. The Kier molecular flexibility index (Phi) is 3.07. The average molecular weight is 290 g/mol. The van der Waals surface area contributed by atoms with Crippen molar-refractivity contribution < 1.29 is 14.6 Å². The summed E-state index contributed by atoms with van der Waals surface area (Å²) in [5, 5.41) is 21.7. The van der Waals surface area contributed by atoms with Crippen molar-refractivity contribution >= 4 is 22.3 Å². The molecule has 1 N–H and O–H groups in total. The lowest BCUT2D eigenvalue weighted by Gasteiger charge is -2.03. The monoisotopic (exact) mass is 290 g/mol. The SMILES string of the molecule is Cc1nnc2sc(-c3ccc(OCC(=O)O)cc3)nn12. The van der Waals surface area contributed by atoms with E-state index in [1.54, 1.807) is 16.6 Å². The number of ether oxygens (including phenoxy) is 1. The van der Waals surface area contributed by atoms with Crippen molar-refractivity contribution in [3.63, 3.8) is 0 Å². The van der Waals surface area contributed by atoms with Gasteiger partial charge < -0.3 is 9.84 Å². The highest BCUT2D eigenvalue weighted by Gasteiger charge is 2.10. The van der Waals surface area contributed by atoms with Crippen LogP contribution >= 0.6 is 11.3 Å². The van der Waals surface area contributed by atoms with E-state index in [2.05, 4.69) is 15.3 Å². The van der Waals surface area contributed by atoms with Crippen LogP contribution in [-0.2, 0) is 4.79 Å². The van der Waals surface area contributed by atoms with Gasteiger partial charge in [-0.3, -0.25) is 0 Å². The predicted octanol–water partition coefficient (Wildman–Crippen LogP) is 1.62. The van der Waals surface area contributed by atoms with E-state index in [-0.39, 0.29) is 6.61 Å². The van der Waals surface area contributed by atoms with Gasteiger partial charge in [0, 0.05) is 5.56 Å². The Hall–Kier alpha value is -2.48. The van der Waals surface area contributed by atoms with E-state index >= 15 is 0 Å². The quantitative estimate of drug-likeness (QED) is 0.785. The first-order valence-electron chi connectivity index (χ1n) is 5.77. The molecule has 0 fully saturated rings. The molecular weight excluding hydrogens is 280 g/mol. The maximum atomic E-state index is 10.4. The lowest BCUT2D eigenvalue weighted by molar-refractivity contribution is -0.139. The zero-order chi connectivity index (χ0) is 14.1. The maximum Gasteiger partial charge on any atom is 0.341 e. The van der Waals surface area contributed by atoms with Crippen LogP contribution in [0.5, 0.6) is 5.75 Å². The largest absolute Gasteiger partial charge is 0.482 e. The summed E-state index contributed by atoms with van der Waals surface area (Å²) in [5.74, 6) is 0.248. The summed E-state index contributed by atoms with van der Waals surface area (Å²) in [6.45, 7) is 1.49. The van der Waals surface area contributed by atoms with Gasteiger partial charge in [0.25, 0.3) is 0 Å². The zero-order valence-electron chi connectivity index (χ0n) is 10.5. The molecule has 0 spiro atoms. The molecule has 0 saturated carbocycles. The van der Waals surface area contributed by atoms with Crippen molar-refractivity contribution in [2.24, 2.45) is 0 Å². The van der Waals surface area contributed by atoms with Gasteiger partial charge in [-0.25, -0.2) is 4.79 Å². The van der Waals surface area contributed by atoms with Crippen molar-refractivity contribution in [3.05, 3.63) is 30.1 Å². The zero-order valence-corrected chi connectivity index (χ0v) is 11.3. The molecule has 102 valence electrons. The highest BCUT2D eigenvalue weighted by atomic mass is 32.1.